The van der Waals surface area contributed by atoms with Crippen LogP contribution in [0, 0.1) is 11.6 Å². The molecule has 0 saturated carbocycles. The third-order valence-corrected chi connectivity index (χ3v) is 4.01. The summed E-state index contributed by atoms with van der Waals surface area (Å²) in [7, 11) is 4.03. The van der Waals surface area contributed by atoms with Gasteiger partial charge in [0.05, 0.1) is 0 Å². The van der Waals surface area contributed by atoms with Crippen LogP contribution in [0.5, 0.6) is 0 Å². The Morgan fingerprint density at radius 1 is 1.12 bits per heavy atom. The fraction of sp³-hybridized carbons (Fsp3) is 0.211. The first kappa shape index (κ1) is 17.1. The number of aromatic nitrogens is 1. The van der Waals surface area contributed by atoms with E-state index in [1.165, 1.54) is 6.07 Å². The third kappa shape index (κ3) is 3.69. The molecule has 4 nitrogen and oxygen atoms in total. The second-order valence-electron chi connectivity index (χ2n) is 6.14. The highest BCUT2D eigenvalue weighted by atomic mass is 19.1. The Morgan fingerprint density at radius 3 is 2.52 bits per heavy atom. The summed E-state index contributed by atoms with van der Waals surface area (Å²) >= 11 is 0. The van der Waals surface area contributed by atoms with E-state index in [4.69, 9.17) is 0 Å². The van der Waals surface area contributed by atoms with E-state index in [1.54, 1.807) is 12.1 Å². The standard InChI is InChI=1S/C19H19F2N3O/c1-23(2)10-11-24-9-8-13-12-14(6-7-17(13)24)22-19(25)18-15(20)4-3-5-16(18)21/h3-9,12H,10-11H2,1-2H3,(H,22,25). The van der Waals surface area contributed by atoms with Gasteiger partial charge in [-0.2, -0.15) is 0 Å². The second kappa shape index (κ2) is 7.03. The number of amides is 1. The Balaban J connectivity index is 1.82. The minimum absolute atomic E-state index is 0.491. The molecular weight excluding hydrogens is 324 g/mol. The van der Waals surface area contributed by atoms with Gasteiger partial charge in [0.15, 0.2) is 0 Å². The highest BCUT2D eigenvalue weighted by Crippen LogP contribution is 2.22. The number of halogens is 2. The molecule has 0 saturated heterocycles. The van der Waals surface area contributed by atoms with E-state index in [0.29, 0.717) is 5.69 Å². The lowest BCUT2D eigenvalue weighted by Crippen LogP contribution is -2.18. The van der Waals surface area contributed by atoms with Crippen LogP contribution in [-0.4, -0.2) is 36.0 Å². The first-order chi connectivity index (χ1) is 12.0. The lowest BCUT2D eigenvalue weighted by Gasteiger charge is -2.11. The fourth-order valence-electron chi connectivity index (χ4n) is 2.69. The molecular formula is C19H19F2N3O. The molecule has 2 aromatic carbocycles. The summed E-state index contributed by atoms with van der Waals surface area (Å²) in [5.41, 5.74) is 0.952. The van der Waals surface area contributed by atoms with Crippen LogP contribution in [0.3, 0.4) is 0 Å². The number of carbonyl (C=O) groups excluding carboxylic acids is 1. The number of nitrogens with one attached hydrogen (secondary N) is 1. The van der Waals surface area contributed by atoms with Crippen LogP contribution in [0.15, 0.2) is 48.7 Å². The van der Waals surface area contributed by atoms with Crippen LogP contribution in [0.2, 0.25) is 0 Å². The lowest BCUT2D eigenvalue weighted by atomic mass is 10.1. The SMILES string of the molecule is CN(C)CCn1ccc2cc(NC(=O)c3c(F)cccc3F)ccc21. The van der Waals surface area contributed by atoms with Gasteiger partial charge in [-0.25, -0.2) is 8.78 Å². The molecule has 3 rings (SSSR count). The van der Waals surface area contributed by atoms with E-state index < -0.39 is 23.1 Å². The number of likely N-dealkylation sites (N-methyl/N-ethyl adjacent to an activating group) is 1. The van der Waals surface area contributed by atoms with Gasteiger partial charge >= 0.3 is 0 Å². The zero-order valence-corrected chi connectivity index (χ0v) is 14.1. The highest BCUT2D eigenvalue weighted by molar-refractivity contribution is 6.05. The Hall–Kier alpha value is -2.73. The number of anilines is 1. The summed E-state index contributed by atoms with van der Waals surface area (Å²) in [6.45, 7) is 1.76. The average molecular weight is 343 g/mol. The molecule has 0 atom stereocenters. The zero-order chi connectivity index (χ0) is 18.0. The molecule has 25 heavy (non-hydrogen) atoms. The monoisotopic (exact) mass is 343 g/mol. The van der Waals surface area contributed by atoms with Crippen LogP contribution in [0.25, 0.3) is 10.9 Å². The number of nitrogens with zero attached hydrogens (tertiary/aromatic N) is 2. The Morgan fingerprint density at radius 2 is 1.84 bits per heavy atom. The molecule has 1 N–H and O–H groups in total. The Labute approximate surface area is 144 Å². The van der Waals surface area contributed by atoms with Crippen LogP contribution >= 0.6 is 0 Å². The molecule has 0 radical (unpaired) electrons. The minimum atomic E-state index is -0.881. The van der Waals surface area contributed by atoms with Gasteiger partial charge in [0.25, 0.3) is 5.91 Å². The first-order valence-electron chi connectivity index (χ1n) is 7.94. The molecule has 3 aromatic rings. The van der Waals surface area contributed by atoms with Crippen molar-refractivity contribution in [1.82, 2.24) is 9.47 Å². The van der Waals surface area contributed by atoms with Gasteiger partial charge in [-0.1, -0.05) is 6.07 Å². The molecule has 6 heteroatoms. The molecule has 1 heterocycles. The molecule has 0 fully saturated rings. The summed E-state index contributed by atoms with van der Waals surface area (Å²) < 4.78 is 29.5. The smallest absolute Gasteiger partial charge is 0.261 e. The van der Waals surface area contributed by atoms with Crippen molar-refractivity contribution in [1.29, 1.82) is 0 Å². The van der Waals surface area contributed by atoms with Crippen molar-refractivity contribution in [2.45, 2.75) is 6.54 Å². The van der Waals surface area contributed by atoms with Gasteiger partial charge in [-0.05, 0) is 50.5 Å². The maximum atomic E-state index is 13.7. The Kier molecular flexibility index (Phi) is 4.81. The lowest BCUT2D eigenvalue weighted by molar-refractivity contribution is 0.101. The number of carbonyl (C=O) groups is 1. The summed E-state index contributed by atoms with van der Waals surface area (Å²) in [5.74, 6) is -2.57. The number of fused-ring (bicyclic) bond motifs is 1. The molecule has 0 spiro atoms. The van der Waals surface area contributed by atoms with E-state index in [2.05, 4.69) is 14.8 Å². The molecule has 0 aliphatic carbocycles. The van der Waals surface area contributed by atoms with Gasteiger partial charge in [0, 0.05) is 35.9 Å². The number of hydrogen-bond acceptors (Lipinski definition) is 2. The topological polar surface area (TPSA) is 37.3 Å². The summed E-state index contributed by atoms with van der Waals surface area (Å²) in [5, 5.41) is 3.50. The molecule has 0 aliphatic rings. The average Bonchev–Trinajstić information content (AvgIpc) is 2.95. The van der Waals surface area contributed by atoms with Crippen molar-refractivity contribution >= 4 is 22.5 Å². The quantitative estimate of drug-likeness (QED) is 0.766. The van der Waals surface area contributed by atoms with Gasteiger partial charge in [-0.15, -0.1) is 0 Å². The maximum Gasteiger partial charge on any atom is 0.261 e. The van der Waals surface area contributed by atoms with Gasteiger partial charge in [0.2, 0.25) is 0 Å². The van der Waals surface area contributed by atoms with E-state index in [9.17, 15) is 13.6 Å². The van der Waals surface area contributed by atoms with E-state index in [0.717, 1.165) is 36.1 Å². The fourth-order valence-corrected chi connectivity index (χ4v) is 2.69. The molecule has 0 unspecified atom stereocenters. The molecule has 0 aliphatic heterocycles. The van der Waals surface area contributed by atoms with Crippen molar-refractivity contribution in [2.75, 3.05) is 26.0 Å². The first-order valence-corrected chi connectivity index (χ1v) is 7.94. The number of hydrogen-bond donors (Lipinski definition) is 1. The molecule has 130 valence electrons. The number of benzene rings is 2. The van der Waals surface area contributed by atoms with Gasteiger partial charge < -0.3 is 14.8 Å². The summed E-state index contributed by atoms with van der Waals surface area (Å²) in [4.78, 5) is 14.3. The molecule has 0 bridgehead atoms. The van der Waals surface area contributed by atoms with E-state index in [-0.39, 0.29) is 0 Å². The van der Waals surface area contributed by atoms with Crippen LogP contribution in [0.4, 0.5) is 14.5 Å². The number of rotatable bonds is 5. The van der Waals surface area contributed by atoms with Crippen LogP contribution < -0.4 is 5.32 Å². The van der Waals surface area contributed by atoms with Crippen molar-refractivity contribution in [3.8, 4) is 0 Å². The highest BCUT2D eigenvalue weighted by Gasteiger charge is 2.17. The maximum absolute atomic E-state index is 13.7. The van der Waals surface area contributed by atoms with E-state index >= 15 is 0 Å². The summed E-state index contributed by atoms with van der Waals surface area (Å²) in [6.07, 6.45) is 1.98. The molecule has 1 amide bonds. The third-order valence-electron chi connectivity index (χ3n) is 4.01. The van der Waals surface area contributed by atoms with Crippen molar-refractivity contribution in [3.63, 3.8) is 0 Å². The van der Waals surface area contributed by atoms with Crippen molar-refractivity contribution in [2.24, 2.45) is 0 Å². The van der Waals surface area contributed by atoms with Gasteiger partial charge in [-0.3, -0.25) is 4.79 Å². The minimum Gasteiger partial charge on any atom is -0.346 e. The zero-order valence-electron chi connectivity index (χ0n) is 14.1. The van der Waals surface area contributed by atoms with E-state index in [1.807, 2.05) is 32.4 Å². The predicted molar refractivity (Wildman–Crippen MR) is 94.8 cm³/mol. The van der Waals surface area contributed by atoms with Crippen LogP contribution in [-0.2, 0) is 6.54 Å². The van der Waals surface area contributed by atoms with Gasteiger partial charge in [0.1, 0.15) is 17.2 Å². The predicted octanol–water partition coefficient (Wildman–Crippen LogP) is 3.73. The van der Waals surface area contributed by atoms with Crippen molar-refractivity contribution in [3.05, 3.63) is 65.9 Å². The second-order valence-corrected chi connectivity index (χ2v) is 6.14. The summed E-state index contributed by atoms with van der Waals surface area (Å²) in [6, 6.07) is 10.7. The largest absolute Gasteiger partial charge is 0.346 e. The normalized spacial score (nSPS) is 11.2. The Bertz CT molecular complexity index is 898. The van der Waals surface area contributed by atoms with Crippen LogP contribution in [0.1, 0.15) is 10.4 Å². The van der Waals surface area contributed by atoms with Crippen molar-refractivity contribution < 1.29 is 13.6 Å². The molecule has 1 aromatic heterocycles.